The van der Waals surface area contributed by atoms with Crippen molar-refractivity contribution in [3.8, 4) is 0 Å². The number of hydrogen-bond donors (Lipinski definition) is 1. The molecule has 0 aliphatic carbocycles. The molecule has 2 aromatic rings. The van der Waals surface area contributed by atoms with Gasteiger partial charge in [0.2, 0.25) is 5.91 Å². The third-order valence-electron chi connectivity index (χ3n) is 4.48. The van der Waals surface area contributed by atoms with Crippen LogP contribution >= 0.6 is 0 Å². The predicted molar refractivity (Wildman–Crippen MR) is 105 cm³/mol. The van der Waals surface area contributed by atoms with Crippen LogP contribution in [0.4, 0.5) is 0 Å². The number of hydrogen-bond acceptors (Lipinski definition) is 2. The first-order chi connectivity index (χ1) is 12.4. The summed E-state index contributed by atoms with van der Waals surface area (Å²) in [6, 6.07) is 16.7. The van der Waals surface area contributed by atoms with Crippen molar-refractivity contribution in [3.63, 3.8) is 0 Å². The molecule has 0 saturated carbocycles. The highest BCUT2D eigenvalue weighted by atomic mass is 16.2. The Hall–Kier alpha value is -2.62. The van der Waals surface area contributed by atoms with Crippen LogP contribution in [0.2, 0.25) is 0 Å². The summed E-state index contributed by atoms with van der Waals surface area (Å²) in [6.45, 7) is 6.52. The molecule has 0 aliphatic rings. The van der Waals surface area contributed by atoms with E-state index in [1.807, 2.05) is 32.0 Å². The van der Waals surface area contributed by atoms with E-state index in [9.17, 15) is 9.59 Å². The molecule has 2 rings (SSSR count). The molecule has 0 spiro atoms. The van der Waals surface area contributed by atoms with Crippen LogP contribution in [-0.2, 0) is 17.8 Å². The van der Waals surface area contributed by atoms with Gasteiger partial charge in [0.25, 0.3) is 5.91 Å². The highest BCUT2D eigenvalue weighted by molar-refractivity contribution is 5.97. The topological polar surface area (TPSA) is 49.4 Å². The summed E-state index contributed by atoms with van der Waals surface area (Å²) >= 11 is 0. The number of carbonyl (C=O) groups excluding carboxylic acids is 2. The number of nitrogens with zero attached hydrogens (tertiary/aromatic N) is 1. The standard InChI is InChI=1S/C22H28N2O2/c1-5-17-11-13-18(14-12-17)15-24(4)22(26)20(16(2)3)23-21(25)19-9-7-6-8-10-19/h6-14,16,20H,5,15H2,1-4H3,(H,23,25). The predicted octanol–water partition coefficient (Wildman–Crippen LogP) is 3.66. The lowest BCUT2D eigenvalue weighted by molar-refractivity contribution is -0.133. The Kier molecular flexibility index (Phi) is 6.96. The van der Waals surface area contributed by atoms with E-state index < -0.39 is 6.04 Å². The van der Waals surface area contributed by atoms with Gasteiger partial charge >= 0.3 is 0 Å². The van der Waals surface area contributed by atoms with E-state index >= 15 is 0 Å². The average Bonchev–Trinajstić information content (AvgIpc) is 2.66. The summed E-state index contributed by atoms with van der Waals surface area (Å²) in [5, 5.41) is 2.89. The first-order valence-electron chi connectivity index (χ1n) is 9.11. The Balaban J connectivity index is 2.05. The molecule has 1 atom stereocenters. The zero-order valence-electron chi connectivity index (χ0n) is 16.0. The number of amides is 2. The number of likely N-dealkylation sites (N-methyl/N-ethyl adjacent to an activating group) is 1. The number of rotatable bonds is 7. The zero-order valence-corrected chi connectivity index (χ0v) is 16.0. The minimum atomic E-state index is -0.553. The van der Waals surface area contributed by atoms with Gasteiger partial charge in [-0.2, -0.15) is 0 Å². The van der Waals surface area contributed by atoms with Crippen molar-refractivity contribution < 1.29 is 9.59 Å². The Morgan fingerprint density at radius 3 is 2.08 bits per heavy atom. The van der Waals surface area contributed by atoms with Gasteiger partial charge in [-0.15, -0.1) is 0 Å². The van der Waals surface area contributed by atoms with Crippen molar-refractivity contribution >= 4 is 11.8 Å². The number of aryl methyl sites for hydroxylation is 1. The second-order valence-electron chi connectivity index (χ2n) is 6.93. The minimum Gasteiger partial charge on any atom is -0.340 e. The largest absolute Gasteiger partial charge is 0.340 e. The summed E-state index contributed by atoms with van der Waals surface area (Å²) in [6.07, 6.45) is 0.996. The van der Waals surface area contributed by atoms with Crippen molar-refractivity contribution in [2.75, 3.05) is 7.05 Å². The van der Waals surface area contributed by atoms with Crippen molar-refractivity contribution in [2.24, 2.45) is 5.92 Å². The zero-order chi connectivity index (χ0) is 19.1. The van der Waals surface area contributed by atoms with E-state index in [4.69, 9.17) is 0 Å². The quantitative estimate of drug-likeness (QED) is 0.827. The van der Waals surface area contributed by atoms with Crippen LogP contribution in [0.25, 0.3) is 0 Å². The van der Waals surface area contributed by atoms with E-state index in [1.165, 1.54) is 5.56 Å². The molecule has 1 N–H and O–H groups in total. The molecule has 0 bridgehead atoms. The van der Waals surface area contributed by atoms with Gasteiger partial charge in [0, 0.05) is 19.2 Å². The molecule has 2 amide bonds. The van der Waals surface area contributed by atoms with Gasteiger partial charge in [-0.05, 0) is 35.6 Å². The van der Waals surface area contributed by atoms with Crippen LogP contribution in [-0.4, -0.2) is 29.8 Å². The normalized spacial score (nSPS) is 11.9. The fourth-order valence-corrected chi connectivity index (χ4v) is 2.80. The smallest absolute Gasteiger partial charge is 0.251 e. The van der Waals surface area contributed by atoms with E-state index in [0.29, 0.717) is 12.1 Å². The number of carbonyl (C=O) groups is 2. The molecule has 0 fully saturated rings. The molecule has 0 aromatic heterocycles. The maximum absolute atomic E-state index is 12.9. The van der Waals surface area contributed by atoms with Gasteiger partial charge in [-0.3, -0.25) is 9.59 Å². The first-order valence-corrected chi connectivity index (χ1v) is 9.11. The van der Waals surface area contributed by atoms with Crippen LogP contribution in [0.3, 0.4) is 0 Å². The van der Waals surface area contributed by atoms with Gasteiger partial charge < -0.3 is 10.2 Å². The van der Waals surface area contributed by atoms with Crippen LogP contribution in [0.1, 0.15) is 42.3 Å². The SMILES string of the molecule is CCc1ccc(CN(C)C(=O)C(NC(=O)c2ccccc2)C(C)C)cc1. The molecular weight excluding hydrogens is 324 g/mol. The molecule has 26 heavy (non-hydrogen) atoms. The molecular formula is C22H28N2O2. The Morgan fingerprint density at radius 2 is 1.54 bits per heavy atom. The van der Waals surface area contributed by atoms with Crippen LogP contribution in [0, 0.1) is 5.92 Å². The maximum Gasteiger partial charge on any atom is 0.251 e. The van der Waals surface area contributed by atoms with Crippen molar-refractivity contribution in [3.05, 3.63) is 71.3 Å². The van der Waals surface area contributed by atoms with Crippen molar-refractivity contribution in [1.82, 2.24) is 10.2 Å². The third kappa shape index (κ3) is 5.19. The highest BCUT2D eigenvalue weighted by Gasteiger charge is 2.27. The summed E-state index contributed by atoms with van der Waals surface area (Å²) in [5.74, 6) is -0.303. The lowest BCUT2D eigenvalue weighted by atomic mass is 10.0. The minimum absolute atomic E-state index is 0.0000737. The van der Waals surface area contributed by atoms with E-state index in [-0.39, 0.29) is 17.7 Å². The molecule has 0 saturated heterocycles. The highest BCUT2D eigenvalue weighted by Crippen LogP contribution is 2.12. The fourth-order valence-electron chi connectivity index (χ4n) is 2.80. The Labute approximate surface area is 156 Å². The molecule has 4 nitrogen and oxygen atoms in total. The second kappa shape index (κ2) is 9.18. The molecule has 138 valence electrons. The van der Waals surface area contributed by atoms with E-state index in [1.54, 1.807) is 24.1 Å². The van der Waals surface area contributed by atoms with E-state index in [2.05, 4.69) is 36.5 Å². The van der Waals surface area contributed by atoms with Gasteiger partial charge in [-0.25, -0.2) is 0 Å². The van der Waals surface area contributed by atoms with Gasteiger partial charge in [-0.1, -0.05) is 63.2 Å². The van der Waals surface area contributed by atoms with Crippen molar-refractivity contribution in [2.45, 2.75) is 39.8 Å². The molecule has 2 aromatic carbocycles. The summed E-state index contributed by atoms with van der Waals surface area (Å²) < 4.78 is 0. The molecule has 1 unspecified atom stereocenters. The number of benzene rings is 2. The van der Waals surface area contributed by atoms with Crippen LogP contribution in [0.15, 0.2) is 54.6 Å². The Morgan fingerprint density at radius 1 is 0.962 bits per heavy atom. The molecule has 4 heteroatoms. The molecule has 0 heterocycles. The first kappa shape index (κ1) is 19.7. The van der Waals surface area contributed by atoms with Crippen molar-refractivity contribution in [1.29, 1.82) is 0 Å². The number of nitrogens with one attached hydrogen (secondary N) is 1. The van der Waals surface area contributed by atoms with Gasteiger partial charge in [0.05, 0.1) is 0 Å². The summed E-state index contributed by atoms with van der Waals surface area (Å²) in [5.41, 5.74) is 2.91. The second-order valence-corrected chi connectivity index (χ2v) is 6.93. The average molecular weight is 352 g/mol. The van der Waals surface area contributed by atoms with Crippen LogP contribution in [0.5, 0.6) is 0 Å². The monoisotopic (exact) mass is 352 g/mol. The third-order valence-corrected chi connectivity index (χ3v) is 4.48. The molecule has 0 aliphatic heterocycles. The van der Waals surface area contributed by atoms with Crippen LogP contribution < -0.4 is 5.32 Å². The summed E-state index contributed by atoms with van der Waals surface area (Å²) in [7, 11) is 1.78. The van der Waals surface area contributed by atoms with Gasteiger partial charge in [0.15, 0.2) is 0 Å². The van der Waals surface area contributed by atoms with E-state index in [0.717, 1.165) is 12.0 Å². The molecule has 0 radical (unpaired) electrons. The lowest BCUT2D eigenvalue weighted by Crippen LogP contribution is -2.50. The Bertz CT molecular complexity index is 724. The summed E-state index contributed by atoms with van der Waals surface area (Å²) in [4.78, 5) is 27.0. The lowest BCUT2D eigenvalue weighted by Gasteiger charge is -2.27. The fraction of sp³-hybridized carbons (Fsp3) is 0.364. The maximum atomic E-state index is 12.9. The van der Waals surface area contributed by atoms with Gasteiger partial charge in [0.1, 0.15) is 6.04 Å².